The van der Waals surface area contributed by atoms with E-state index in [0.29, 0.717) is 34.8 Å². The number of rotatable bonds is 11. The molecule has 8 nitrogen and oxygen atoms in total. The van der Waals surface area contributed by atoms with E-state index in [-0.39, 0.29) is 12.5 Å². The zero-order valence-electron chi connectivity index (χ0n) is 20.3. The molecule has 0 aliphatic carbocycles. The van der Waals surface area contributed by atoms with E-state index in [9.17, 15) is 14.4 Å². The fraction of sp³-hybridized carbons (Fsp3) is 0.214. The van der Waals surface area contributed by atoms with E-state index < -0.39 is 11.9 Å². The van der Waals surface area contributed by atoms with Gasteiger partial charge in [-0.1, -0.05) is 31.5 Å². The van der Waals surface area contributed by atoms with Gasteiger partial charge in [-0.3, -0.25) is 9.59 Å². The summed E-state index contributed by atoms with van der Waals surface area (Å²) in [6, 6.07) is 20.6. The van der Waals surface area contributed by atoms with Gasteiger partial charge < -0.3 is 14.8 Å². The molecule has 0 radical (unpaired) electrons. The first-order valence-corrected chi connectivity index (χ1v) is 11.7. The molecule has 8 heteroatoms. The molecule has 2 N–H and O–H groups in total. The lowest BCUT2D eigenvalue weighted by atomic mass is 10.1. The monoisotopic (exact) mass is 487 g/mol. The molecule has 0 aliphatic rings. The number of benzene rings is 3. The SMILES string of the molecule is CCCCOc1ccc(C(=O)Oc2ccc(/C=N/NC(=O)CNC(=O)c3ccccc3C)cc2)cc1. The maximum atomic E-state index is 12.4. The summed E-state index contributed by atoms with van der Waals surface area (Å²) < 4.78 is 11.0. The Labute approximate surface area is 210 Å². The highest BCUT2D eigenvalue weighted by atomic mass is 16.5. The number of nitrogens with zero attached hydrogens (tertiary/aromatic N) is 1. The normalized spacial score (nSPS) is 10.6. The Morgan fingerprint density at radius 1 is 0.917 bits per heavy atom. The molecule has 0 bridgehead atoms. The lowest BCUT2D eigenvalue weighted by Crippen LogP contribution is -2.35. The molecule has 0 heterocycles. The molecule has 0 atom stereocenters. The van der Waals surface area contributed by atoms with Crippen LogP contribution >= 0.6 is 0 Å². The van der Waals surface area contributed by atoms with E-state index in [0.717, 1.165) is 18.4 Å². The topological polar surface area (TPSA) is 106 Å². The largest absolute Gasteiger partial charge is 0.494 e. The predicted octanol–water partition coefficient (Wildman–Crippen LogP) is 4.27. The van der Waals surface area contributed by atoms with Gasteiger partial charge in [-0.25, -0.2) is 10.2 Å². The average molecular weight is 488 g/mol. The van der Waals surface area contributed by atoms with Gasteiger partial charge in [-0.15, -0.1) is 0 Å². The van der Waals surface area contributed by atoms with Crippen LogP contribution in [0.15, 0.2) is 77.9 Å². The second-order valence-corrected chi connectivity index (χ2v) is 7.98. The summed E-state index contributed by atoms with van der Waals surface area (Å²) in [7, 11) is 0. The summed E-state index contributed by atoms with van der Waals surface area (Å²) in [6.07, 6.45) is 3.48. The maximum Gasteiger partial charge on any atom is 0.343 e. The summed E-state index contributed by atoms with van der Waals surface area (Å²) in [4.78, 5) is 36.5. The summed E-state index contributed by atoms with van der Waals surface area (Å²) in [5, 5.41) is 6.45. The van der Waals surface area contributed by atoms with E-state index >= 15 is 0 Å². The van der Waals surface area contributed by atoms with Crippen molar-refractivity contribution in [3.63, 3.8) is 0 Å². The third-order valence-electron chi connectivity index (χ3n) is 5.15. The first-order valence-electron chi connectivity index (χ1n) is 11.7. The molecule has 2 amide bonds. The van der Waals surface area contributed by atoms with Crippen LogP contribution in [0.25, 0.3) is 0 Å². The summed E-state index contributed by atoms with van der Waals surface area (Å²) in [5.41, 5.74) is 4.81. The van der Waals surface area contributed by atoms with Crippen LogP contribution in [0, 0.1) is 6.92 Å². The molecule has 3 aromatic rings. The Balaban J connectivity index is 1.43. The number of unbranched alkanes of at least 4 members (excludes halogenated alkanes) is 1. The molecular weight excluding hydrogens is 458 g/mol. The van der Waals surface area contributed by atoms with Gasteiger partial charge in [0.15, 0.2) is 0 Å². The van der Waals surface area contributed by atoms with Crippen LogP contribution < -0.4 is 20.2 Å². The molecule has 0 saturated carbocycles. The minimum Gasteiger partial charge on any atom is -0.494 e. The Bertz CT molecular complexity index is 1200. The average Bonchev–Trinajstić information content (AvgIpc) is 2.89. The van der Waals surface area contributed by atoms with Crippen LogP contribution in [0.2, 0.25) is 0 Å². The van der Waals surface area contributed by atoms with E-state index in [2.05, 4.69) is 22.8 Å². The molecule has 186 valence electrons. The van der Waals surface area contributed by atoms with Gasteiger partial charge in [0.1, 0.15) is 11.5 Å². The highest BCUT2D eigenvalue weighted by molar-refractivity contribution is 5.97. The number of hydrazone groups is 1. The standard InChI is InChI=1S/C28H29N3O5/c1-3-4-17-35-23-15-11-22(12-16-23)28(34)36-24-13-9-21(10-14-24)18-30-31-26(32)19-29-27(33)25-8-6-5-7-20(25)2/h5-16,18H,3-4,17,19H2,1-2H3,(H,29,33)(H,31,32)/b30-18+. The molecule has 3 aromatic carbocycles. The number of hydrogen-bond donors (Lipinski definition) is 2. The molecule has 0 aliphatic heterocycles. The first kappa shape index (κ1) is 26.2. The van der Waals surface area contributed by atoms with E-state index in [1.807, 2.05) is 19.1 Å². The van der Waals surface area contributed by atoms with Crippen molar-refractivity contribution in [2.45, 2.75) is 26.7 Å². The fourth-order valence-electron chi connectivity index (χ4n) is 3.11. The van der Waals surface area contributed by atoms with Crippen molar-refractivity contribution >= 4 is 24.0 Å². The highest BCUT2D eigenvalue weighted by Crippen LogP contribution is 2.17. The van der Waals surface area contributed by atoms with Crippen LogP contribution in [-0.4, -0.2) is 37.1 Å². The number of carbonyl (C=O) groups is 3. The van der Waals surface area contributed by atoms with Crippen LogP contribution in [0.5, 0.6) is 11.5 Å². The molecule has 0 fully saturated rings. The van der Waals surface area contributed by atoms with Crippen LogP contribution in [0.3, 0.4) is 0 Å². The maximum absolute atomic E-state index is 12.4. The number of amides is 2. The van der Waals surface area contributed by atoms with E-state index in [1.54, 1.807) is 60.7 Å². The molecule has 36 heavy (non-hydrogen) atoms. The van der Waals surface area contributed by atoms with Gasteiger partial charge in [-0.2, -0.15) is 5.10 Å². The molecular formula is C28H29N3O5. The second-order valence-electron chi connectivity index (χ2n) is 7.98. The number of esters is 1. The lowest BCUT2D eigenvalue weighted by Gasteiger charge is -2.07. The van der Waals surface area contributed by atoms with Gasteiger partial charge in [-0.05, 0) is 79.1 Å². The van der Waals surface area contributed by atoms with Crippen LogP contribution in [0.4, 0.5) is 0 Å². The van der Waals surface area contributed by atoms with Crippen molar-refractivity contribution in [3.8, 4) is 11.5 Å². The van der Waals surface area contributed by atoms with Gasteiger partial charge in [0.05, 0.1) is 24.9 Å². The number of aryl methyl sites for hydroxylation is 1. The predicted molar refractivity (Wildman–Crippen MR) is 137 cm³/mol. The Hall–Kier alpha value is -4.46. The second kappa shape index (κ2) is 13.4. The Morgan fingerprint density at radius 2 is 1.61 bits per heavy atom. The number of ether oxygens (including phenoxy) is 2. The van der Waals surface area contributed by atoms with Crippen molar-refractivity contribution in [1.82, 2.24) is 10.7 Å². The van der Waals surface area contributed by atoms with Crippen molar-refractivity contribution in [1.29, 1.82) is 0 Å². The van der Waals surface area contributed by atoms with Gasteiger partial charge in [0, 0.05) is 5.56 Å². The third kappa shape index (κ3) is 8.09. The molecule has 0 saturated heterocycles. The lowest BCUT2D eigenvalue weighted by molar-refractivity contribution is -0.120. The third-order valence-corrected chi connectivity index (χ3v) is 5.15. The smallest absolute Gasteiger partial charge is 0.343 e. The summed E-state index contributed by atoms with van der Waals surface area (Å²) in [5.74, 6) is -0.168. The molecule has 0 unspecified atom stereocenters. The summed E-state index contributed by atoms with van der Waals surface area (Å²) >= 11 is 0. The number of hydrogen-bond acceptors (Lipinski definition) is 6. The Morgan fingerprint density at radius 3 is 2.31 bits per heavy atom. The fourth-order valence-corrected chi connectivity index (χ4v) is 3.11. The van der Waals surface area contributed by atoms with Crippen LogP contribution in [0.1, 0.15) is 51.6 Å². The van der Waals surface area contributed by atoms with E-state index in [4.69, 9.17) is 9.47 Å². The van der Waals surface area contributed by atoms with Gasteiger partial charge in [0.2, 0.25) is 0 Å². The van der Waals surface area contributed by atoms with Crippen molar-refractivity contribution in [2.24, 2.45) is 5.10 Å². The highest BCUT2D eigenvalue weighted by Gasteiger charge is 2.10. The molecule has 0 spiro atoms. The van der Waals surface area contributed by atoms with Crippen molar-refractivity contribution in [2.75, 3.05) is 13.2 Å². The van der Waals surface area contributed by atoms with Crippen LogP contribution in [-0.2, 0) is 4.79 Å². The minimum atomic E-state index is -0.475. The number of carbonyl (C=O) groups excluding carboxylic acids is 3. The minimum absolute atomic E-state index is 0.203. The van der Waals surface area contributed by atoms with Gasteiger partial charge >= 0.3 is 5.97 Å². The molecule has 3 rings (SSSR count). The zero-order chi connectivity index (χ0) is 25.8. The summed E-state index contributed by atoms with van der Waals surface area (Å²) in [6.45, 7) is 4.36. The number of nitrogens with one attached hydrogen (secondary N) is 2. The van der Waals surface area contributed by atoms with Crippen molar-refractivity contribution < 1.29 is 23.9 Å². The molecule has 0 aromatic heterocycles. The Kier molecular flexibility index (Phi) is 9.76. The quantitative estimate of drug-likeness (QED) is 0.138. The van der Waals surface area contributed by atoms with Gasteiger partial charge in [0.25, 0.3) is 11.8 Å². The zero-order valence-corrected chi connectivity index (χ0v) is 20.3. The van der Waals surface area contributed by atoms with E-state index in [1.165, 1.54) is 6.21 Å². The first-order chi connectivity index (χ1) is 17.5. The van der Waals surface area contributed by atoms with Crippen molar-refractivity contribution in [3.05, 3.63) is 95.1 Å².